The van der Waals surface area contributed by atoms with Crippen LogP contribution in [-0.2, 0) is 0 Å². The summed E-state index contributed by atoms with van der Waals surface area (Å²) in [6.45, 7) is 0.769. The highest BCUT2D eigenvalue weighted by Gasteiger charge is 2.20. The number of rotatable bonds is 0. The molecule has 0 radical (unpaired) electrons. The lowest BCUT2D eigenvalue weighted by Gasteiger charge is -2.19. The van der Waals surface area contributed by atoms with Crippen LogP contribution in [-0.4, -0.2) is 23.4 Å². The van der Waals surface area contributed by atoms with E-state index >= 15 is 0 Å². The van der Waals surface area contributed by atoms with Crippen molar-refractivity contribution in [2.45, 2.75) is 6.17 Å². The van der Waals surface area contributed by atoms with Gasteiger partial charge in [0.1, 0.15) is 12.0 Å². The molecule has 1 unspecified atom stereocenters. The van der Waals surface area contributed by atoms with E-state index in [0.29, 0.717) is 0 Å². The van der Waals surface area contributed by atoms with E-state index in [-0.39, 0.29) is 6.17 Å². The predicted molar refractivity (Wildman–Crippen MR) is 40.4 cm³/mol. The standard InChI is InChI=1S/C7H9N3/c8-6-5-10-4-2-1-3-7(10)9-6/h1-4,7H,5H2,(H2,8,9). The fraction of sp³-hybridized carbons (Fsp3) is 0.286. The van der Waals surface area contributed by atoms with Crippen molar-refractivity contribution in [1.82, 2.24) is 4.90 Å². The third-order valence-electron chi connectivity index (χ3n) is 1.65. The maximum atomic E-state index is 5.54. The minimum Gasteiger partial charge on any atom is -0.386 e. The van der Waals surface area contributed by atoms with Crippen LogP contribution < -0.4 is 5.73 Å². The third-order valence-corrected chi connectivity index (χ3v) is 1.65. The summed E-state index contributed by atoms with van der Waals surface area (Å²) < 4.78 is 0. The fourth-order valence-corrected chi connectivity index (χ4v) is 1.18. The van der Waals surface area contributed by atoms with Crippen molar-refractivity contribution in [1.29, 1.82) is 0 Å². The first-order valence-corrected chi connectivity index (χ1v) is 3.29. The van der Waals surface area contributed by atoms with Gasteiger partial charge in [-0.05, 0) is 12.2 Å². The van der Waals surface area contributed by atoms with Crippen LogP contribution in [0.4, 0.5) is 0 Å². The molecular weight excluding hydrogens is 126 g/mol. The molecule has 0 saturated carbocycles. The Morgan fingerprint density at radius 2 is 2.50 bits per heavy atom. The molecule has 2 heterocycles. The Balaban J connectivity index is 2.24. The second-order valence-corrected chi connectivity index (χ2v) is 2.43. The Kier molecular flexibility index (Phi) is 1.03. The van der Waals surface area contributed by atoms with Crippen molar-refractivity contribution in [2.24, 2.45) is 10.7 Å². The van der Waals surface area contributed by atoms with E-state index in [1.54, 1.807) is 0 Å². The highest BCUT2D eigenvalue weighted by Crippen LogP contribution is 2.13. The predicted octanol–water partition coefficient (Wildman–Crippen LogP) is 0.0688. The van der Waals surface area contributed by atoms with Crippen LogP contribution in [0, 0.1) is 0 Å². The molecule has 0 aromatic carbocycles. The Hall–Kier alpha value is -1.25. The van der Waals surface area contributed by atoms with Gasteiger partial charge in [-0.1, -0.05) is 6.08 Å². The van der Waals surface area contributed by atoms with Gasteiger partial charge >= 0.3 is 0 Å². The van der Waals surface area contributed by atoms with Gasteiger partial charge in [0, 0.05) is 6.20 Å². The van der Waals surface area contributed by atoms with E-state index in [4.69, 9.17) is 5.73 Å². The molecule has 0 aromatic heterocycles. The molecule has 3 nitrogen and oxygen atoms in total. The number of aliphatic imine (C=N–C) groups is 1. The molecule has 0 bridgehead atoms. The zero-order valence-corrected chi connectivity index (χ0v) is 5.57. The molecule has 2 rings (SSSR count). The van der Waals surface area contributed by atoms with Crippen LogP contribution in [0.2, 0.25) is 0 Å². The molecule has 0 spiro atoms. The van der Waals surface area contributed by atoms with Gasteiger partial charge in [-0.3, -0.25) is 0 Å². The van der Waals surface area contributed by atoms with E-state index < -0.39 is 0 Å². The summed E-state index contributed by atoms with van der Waals surface area (Å²) in [4.78, 5) is 6.29. The highest BCUT2D eigenvalue weighted by atomic mass is 15.3. The van der Waals surface area contributed by atoms with Gasteiger partial charge < -0.3 is 10.6 Å². The van der Waals surface area contributed by atoms with Crippen LogP contribution >= 0.6 is 0 Å². The van der Waals surface area contributed by atoms with Gasteiger partial charge in [-0.15, -0.1) is 0 Å². The summed E-state index contributed by atoms with van der Waals surface area (Å²) in [6, 6.07) is 0. The van der Waals surface area contributed by atoms with E-state index in [2.05, 4.69) is 9.89 Å². The highest BCUT2D eigenvalue weighted by molar-refractivity contribution is 5.84. The average molecular weight is 135 g/mol. The van der Waals surface area contributed by atoms with Gasteiger partial charge in [0.2, 0.25) is 0 Å². The van der Waals surface area contributed by atoms with Crippen LogP contribution in [0.15, 0.2) is 29.4 Å². The summed E-state index contributed by atoms with van der Waals surface area (Å²) in [5, 5.41) is 0. The summed E-state index contributed by atoms with van der Waals surface area (Å²) in [5.41, 5.74) is 5.54. The second-order valence-electron chi connectivity index (χ2n) is 2.43. The number of nitrogens with two attached hydrogens (primary N) is 1. The van der Waals surface area contributed by atoms with Crippen molar-refractivity contribution >= 4 is 5.84 Å². The van der Waals surface area contributed by atoms with Gasteiger partial charge in [0.05, 0.1) is 6.54 Å². The number of amidine groups is 1. The average Bonchev–Trinajstić information content (AvgIpc) is 2.27. The van der Waals surface area contributed by atoms with Crippen LogP contribution in [0.3, 0.4) is 0 Å². The first kappa shape index (κ1) is 5.53. The van der Waals surface area contributed by atoms with E-state index in [1.165, 1.54) is 0 Å². The van der Waals surface area contributed by atoms with Crippen molar-refractivity contribution in [3.8, 4) is 0 Å². The minimum absolute atomic E-state index is 0.171. The molecule has 10 heavy (non-hydrogen) atoms. The van der Waals surface area contributed by atoms with Crippen molar-refractivity contribution in [3.05, 3.63) is 24.4 Å². The molecule has 1 atom stereocenters. The molecule has 0 saturated heterocycles. The summed E-state index contributed by atoms with van der Waals surface area (Å²) in [7, 11) is 0. The Labute approximate surface area is 59.5 Å². The number of fused-ring (bicyclic) bond motifs is 1. The zero-order chi connectivity index (χ0) is 6.97. The van der Waals surface area contributed by atoms with Crippen molar-refractivity contribution in [2.75, 3.05) is 6.54 Å². The number of hydrogen-bond acceptors (Lipinski definition) is 3. The van der Waals surface area contributed by atoms with Crippen molar-refractivity contribution < 1.29 is 0 Å². The van der Waals surface area contributed by atoms with Gasteiger partial charge in [-0.2, -0.15) is 0 Å². The van der Waals surface area contributed by atoms with Gasteiger partial charge in [0.15, 0.2) is 0 Å². The van der Waals surface area contributed by atoms with Gasteiger partial charge in [-0.25, -0.2) is 4.99 Å². The lowest BCUT2D eigenvalue weighted by atomic mass is 10.3. The number of nitrogens with zero attached hydrogens (tertiary/aromatic N) is 2. The molecule has 2 N–H and O–H groups in total. The smallest absolute Gasteiger partial charge is 0.142 e. The van der Waals surface area contributed by atoms with Crippen molar-refractivity contribution in [3.63, 3.8) is 0 Å². The van der Waals surface area contributed by atoms with Crippen LogP contribution in [0.1, 0.15) is 0 Å². The first-order valence-electron chi connectivity index (χ1n) is 3.29. The zero-order valence-electron chi connectivity index (χ0n) is 5.57. The topological polar surface area (TPSA) is 41.6 Å². The molecule has 0 aliphatic carbocycles. The van der Waals surface area contributed by atoms with Crippen LogP contribution in [0.5, 0.6) is 0 Å². The third kappa shape index (κ3) is 0.708. The summed E-state index contributed by atoms with van der Waals surface area (Å²) in [6.07, 6.45) is 8.19. The number of allylic oxidation sites excluding steroid dienone is 2. The van der Waals surface area contributed by atoms with E-state index in [1.807, 2.05) is 24.4 Å². The molecule has 2 aliphatic heterocycles. The Morgan fingerprint density at radius 3 is 3.30 bits per heavy atom. The maximum Gasteiger partial charge on any atom is 0.142 e. The normalized spacial score (nSPS) is 28.6. The fourth-order valence-electron chi connectivity index (χ4n) is 1.18. The molecule has 2 aliphatic rings. The molecule has 0 amide bonds. The van der Waals surface area contributed by atoms with E-state index in [0.717, 1.165) is 12.4 Å². The number of hydrogen-bond donors (Lipinski definition) is 1. The Bertz CT molecular complexity index is 227. The summed E-state index contributed by atoms with van der Waals surface area (Å²) in [5.74, 6) is 0.723. The lowest BCUT2D eigenvalue weighted by molar-refractivity contribution is 0.393. The molecule has 0 aromatic rings. The van der Waals surface area contributed by atoms with Crippen LogP contribution in [0.25, 0.3) is 0 Å². The monoisotopic (exact) mass is 135 g/mol. The quantitative estimate of drug-likeness (QED) is 0.510. The maximum absolute atomic E-state index is 5.54. The SMILES string of the molecule is NC1=NC2C=CC=CN2C1. The second kappa shape index (κ2) is 1.87. The molecular formula is C7H9N3. The first-order chi connectivity index (χ1) is 4.86. The lowest BCUT2D eigenvalue weighted by Crippen LogP contribution is -2.27. The molecule has 52 valence electrons. The summed E-state index contributed by atoms with van der Waals surface area (Å²) >= 11 is 0. The Morgan fingerprint density at radius 1 is 1.60 bits per heavy atom. The molecule has 3 heteroatoms. The largest absolute Gasteiger partial charge is 0.386 e. The van der Waals surface area contributed by atoms with Gasteiger partial charge in [0.25, 0.3) is 0 Å². The minimum atomic E-state index is 0.171. The molecule has 0 fully saturated rings. The van der Waals surface area contributed by atoms with E-state index in [9.17, 15) is 0 Å².